The minimum absolute atomic E-state index is 0.0929. The van der Waals surface area contributed by atoms with E-state index in [4.69, 9.17) is 0 Å². The maximum absolute atomic E-state index is 12.9. The Bertz CT molecular complexity index is 944. The Kier molecular flexibility index (Phi) is 5.12. The normalized spacial score (nSPS) is 18.3. The molecule has 1 aromatic heterocycles. The van der Waals surface area contributed by atoms with Crippen molar-refractivity contribution in [1.82, 2.24) is 5.32 Å². The van der Waals surface area contributed by atoms with Gasteiger partial charge in [-0.15, -0.1) is 11.3 Å². The van der Waals surface area contributed by atoms with Crippen LogP contribution >= 0.6 is 11.3 Å². The van der Waals surface area contributed by atoms with Gasteiger partial charge in [0, 0.05) is 16.5 Å². The highest BCUT2D eigenvalue weighted by Crippen LogP contribution is 2.37. The largest absolute Gasteiger partial charge is 0.344 e. The number of carbonyl (C=O) groups excluding carboxylic acids is 1. The summed E-state index contributed by atoms with van der Waals surface area (Å²) >= 11 is 1.63. The van der Waals surface area contributed by atoms with Crippen LogP contribution in [0.4, 0.5) is 5.69 Å². The van der Waals surface area contributed by atoms with Crippen LogP contribution in [0.25, 0.3) is 0 Å². The molecule has 5 nitrogen and oxygen atoms in total. The van der Waals surface area contributed by atoms with Gasteiger partial charge in [0.15, 0.2) is 0 Å². The minimum Gasteiger partial charge on any atom is -0.344 e. The van der Waals surface area contributed by atoms with Crippen molar-refractivity contribution in [3.8, 4) is 0 Å². The third kappa shape index (κ3) is 4.04. The van der Waals surface area contributed by atoms with E-state index in [0.717, 1.165) is 10.4 Å². The lowest BCUT2D eigenvalue weighted by molar-refractivity contribution is 0.0903. The van der Waals surface area contributed by atoms with Crippen LogP contribution in [-0.4, -0.2) is 26.6 Å². The minimum atomic E-state index is -3.33. The standard InChI is InChI=1S/C20H26N2O3S2/c1-13-11-15-12-14(8-9-16(15)22(13)27(5,24)25)19(23)21-18(20(2,3)4)17-7-6-10-26-17/h6-10,12-13,18H,11H2,1-5H3,(H,21,23)/t13-,18-/m1/s1. The molecule has 0 spiro atoms. The van der Waals surface area contributed by atoms with E-state index in [1.165, 1.54) is 10.6 Å². The molecule has 2 atom stereocenters. The summed E-state index contributed by atoms with van der Waals surface area (Å²) in [6.45, 7) is 8.19. The second-order valence-electron chi connectivity index (χ2n) is 8.24. The van der Waals surface area contributed by atoms with Crippen LogP contribution in [0.1, 0.15) is 54.5 Å². The molecule has 7 heteroatoms. The summed E-state index contributed by atoms with van der Waals surface area (Å²) in [5.74, 6) is -0.142. The van der Waals surface area contributed by atoms with Crippen LogP contribution < -0.4 is 9.62 Å². The predicted octanol–water partition coefficient (Wildman–Crippen LogP) is 3.98. The molecule has 0 saturated carbocycles. The summed E-state index contributed by atoms with van der Waals surface area (Å²) in [6.07, 6.45) is 1.82. The molecule has 0 fully saturated rings. The molecule has 1 aromatic carbocycles. The maximum Gasteiger partial charge on any atom is 0.251 e. The fourth-order valence-corrected chi connectivity index (χ4v) is 5.92. The molecule has 1 amide bonds. The summed E-state index contributed by atoms with van der Waals surface area (Å²) in [5.41, 5.74) is 2.00. The Morgan fingerprint density at radius 1 is 1.30 bits per heavy atom. The number of nitrogens with zero attached hydrogens (tertiary/aromatic N) is 1. The molecule has 1 N–H and O–H groups in total. The maximum atomic E-state index is 12.9. The number of benzene rings is 1. The van der Waals surface area contributed by atoms with Gasteiger partial charge >= 0.3 is 0 Å². The molecule has 1 aliphatic rings. The third-order valence-corrected chi connectivity index (χ3v) is 7.03. The second kappa shape index (κ2) is 6.95. The first-order chi connectivity index (χ1) is 12.5. The molecular weight excluding hydrogens is 380 g/mol. The summed E-state index contributed by atoms with van der Waals surface area (Å²) in [5, 5.41) is 5.17. The molecule has 146 valence electrons. The lowest BCUT2D eigenvalue weighted by atomic mass is 9.85. The van der Waals surface area contributed by atoms with Crippen LogP contribution in [0.3, 0.4) is 0 Å². The van der Waals surface area contributed by atoms with Crippen molar-refractivity contribution in [1.29, 1.82) is 0 Å². The van der Waals surface area contributed by atoms with Gasteiger partial charge in [0.05, 0.1) is 18.0 Å². The van der Waals surface area contributed by atoms with E-state index in [-0.39, 0.29) is 23.4 Å². The number of anilines is 1. The van der Waals surface area contributed by atoms with Gasteiger partial charge in [0.2, 0.25) is 10.0 Å². The SMILES string of the molecule is C[C@@H]1Cc2cc(C(=O)N[C@H](c3cccs3)C(C)(C)C)ccc2N1S(C)(=O)=O. The van der Waals surface area contributed by atoms with Crippen molar-refractivity contribution in [2.24, 2.45) is 5.41 Å². The van der Waals surface area contributed by atoms with Gasteiger partial charge in [-0.2, -0.15) is 0 Å². The van der Waals surface area contributed by atoms with Crippen molar-refractivity contribution in [3.63, 3.8) is 0 Å². The van der Waals surface area contributed by atoms with Gasteiger partial charge in [0.25, 0.3) is 5.91 Å². The molecule has 2 heterocycles. The van der Waals surface area contributed by atoms with Crippen LogP contribution in [0, 0.1) is 5.41 Å². The fraction of sp³-hybridized carbons (Fsp3) is 0.450. The number of fused-ring (bicyclic) bond motifs is 1. The molecule has 0 unspecified atom stereocenters. The van der Waals surface area contributed by atoms with Gasteiger partial charge in [-0.1, -0.05) is 26.8 Å². The number of hydrogen-bond acceptors (Lipinski definition) is 4. The molecule has 0 saturated heterocycles. The quantitative estimate of drug-likeness (QED) is 0.835. The zero-order chi connectivity index (χ0) is 20.0. The first-order valence-electron chi connectivity index (χ1n) is 8.95. The molecule has 3 rings (SSSR count). The van der Waals surface area contributed by atoms with Gasteiger partial charge < -0.3 is 5.32 Å². The van der Waals surface area contributed by atoms with E-state index in [9.17, 15) is 13.2 Å². The van der Waals surface area contributed by atoms with Gasteiger partial charge in [-0.25, -0.2) is 8.42 Å². The van der Waals surface area contributed by atoms with E-state index in [1.807, 2.05) is 30.5 Å². The highest BCUT2D eigenvalue weighted by molar-refractivity contribution is 7.92. The van der Waals surface area contributed by atoms with Crippen LogP contribution in [0.2, 0.25) is 0 Å². The summed E-state index contributed by atoms with van der Waals surface area (Å²) < 4.78 is 25.6. The molecule has 0 bridgehead atoms. The summed E-state index contributed by atoms with van der Waals surface area (Å²) in [6, 6.07) is 9.06. The lowest BCUT2D eigenvalue weighted by Crippen LogP contribution is -2.36. The lowest BCUT2D eigenvalue weighted by Gasteiger charge is -2.31. The number of carbonyl (C=O) groups is 1. The number of rotatable bonds is 4. The summed E-state index contributed by atoms with van der Waals surface area (Å²) in [4.78, 5) is 14.0. The van der Waals surface area contributed by atoms with E-state index in [1.54, 1.807) is 23.5 Å². The molecule has 1 aliphatic heterocycles. The molecular formula is C20H26N2O3S2. The Morgan fingerprint density at radius 3 is 2.56 bits per heavy atom. The highest BCUT2D eigenvalue weighted by atomic mass is 32.2. The zero-order valence-corrected chi connectivity index (χ0v) is 17.9. The van der Waals surface area contributed by atoms with Gasteiger partial charge in [0.1, 0.15) is 0 Å². The van der Waals surface area contributed by atoms with Gasteiger partial charge in [-0.3, -0.25) is 9.10 Å². The average Bonchev–Trinajstić information content (AvgIpc) is 3.15. The zero-order valence-electron chi connectivity index (χ0n) is 16.3. The predicted molar refractivity (Wildman–Crippen MR) is 111 cm³/mol. The molecule has 2 aromatic rings. The van der Waals surface area contributed by atoms with E-state index in [2.05, 4.69) is 26.1 Å². The van der Waals surface area contributed by atoms with Gasteiger partial charge in [-0.05, 0) is 54.0 Å². The van der Waals surface area contributed by atoms with E-state index in [0.29, 0.717) is 17.7 Å². The fourth-order valence-electron chi connectivity index (χ4n) is 3.63. The highest BCUT2D eigenvalue weighted by Gasteiger charge is 2.33. The average molecular weight is 407 g/mol. The molecule has 0 aliphatic carbocycles. The number of hydrogen-bond donors (Lipinski definition) is 1. The number of amides is 1. The van der Waals surface area contributed by atoms with Crippen molar-refractivity contribution in [2.75, 3.05) is 10.6 Å². The Morgan fingerprint density at radius 2 is 2.00 bits per heavy atom. The van der Waals surface area contributed by atoms with E-state index >= 15 is 0 Å². The monoisotopic (exact) mass is 406 g/mol. The van der Waals surface area contributed by atoms with Crippen molar-refractivity contribution < 1.29 is 13.2 Å². The van der Waals surface area contributed by atoms with Crippen LogP contribution in [-0.2, 0) is 16.4 Å². The van der Waals surface area contributed by atoms with Crippen LogP contribution in [0.15, 0.2) is 35.7 Å². The summed E-state index contributed by atoms with van der Waals surface area (Å²) in [7, 11) is -3.33. The topological polar surface area (TPSA) is 66.5 Å². The van der Waals surface area contributed by atoms with Crippen molar-refractivity contribution in [3.05, 3.63) is 51.7 Å². The Balaban J connectivity index is 1.88. The third-order valence-electron chi connectivity index (χ3n) is 4.82. The van der Waals surface area contributed by atoms with Crippen molar-refractivity contribution in [2.45, 2.75) is 46.2 Å². The first kappa shape index (κ1) is 19.9. The first-order valence-corrected chi connectivity index (χ1v) is 11.7. The molecule has 0 radical (unpaired) electrons. The smallest absolute Gasteiger partial charge is 0.251 e. The number of sulfonamides is 1. The number of thiophene rings is 1. The Labute approximate surface area is 165 Å². The second-order valence-corrected chi connectivity index (χ2v) is 11.1. The van der Waals surface area contributed by atoms with Crippen molar-refractivity contribution >= 4 is 33.0 Å². The Hall–Kier alpha value is -1.86. The van der Waals surface area contributed by atoms with E-state index < -0.39 is 10.0 Å². The number of nitrogens with one attached hydrogen (secondary N) is 1. The molecule has 27 heavy (non-hydrogen) atoms. The van der Waals surface area contributed by atoms with Crippen LogP contribution in [0.5, 0.6) is 0 Å².